The molecule has 0 amide bonds. The molecular formula is C31H34O5. The van der Waals surface area contributed by atoms with Crippen molar-refractivity contribution in [1.82, 2.24) is 0 Å². The van der Waals surface area contributed by atoms with Crippen LogP contribution in [0.4, 0.5) is 0 Å². The minimum atomic E-state index is -0.468. The largest absolute Gasteiger partial charge is 0.494 e. The predicted molar refractivity (Wildman–Crippen MR) is 143 cm³/mol. The summed E-state index contributed by atoms with van der Waals surface area (Å²) in [5, 5.41) is 0. The number of rotatable bonds is 14. The molecule has 3 rings (SSSR count). The molecular weight excluding hydrogens is 452 g/mol. The Hall–Kier alpha value is -3.86. The van der Waals surface area contributed by atoms with Crippen molar-refractivity contribution < 1.29 is 23.8 Å². The Labute approximate surface area is 213 Å². The number of carbonyl (C=O) groups is 2. The molecule has 3 aromatic rings. The van der Waals surface area contributed by atoms with Gasteiger partial charge in [-0.2, -0.15) is 0 Å². The Morgan fingerprint density at radius 3 is 1.86 bits per heavy atom. The lowest BCUT2D eigenvalue weighted by Gasteiger charge is -2.07. The highest BCUT2D eigenvalue weighted by Gasteiger charge is 2.10. The van der Waals surface area contributed by atoms with Gasteiger partial charge in [0.2, 0.25) is 0 Å². The Kier molecular flexibility index (Phi) is 10.8. The fourth-order valence-corrected chi connectivity index (χ4v) is 3.42. The van der Waals surface area contributed by atoms with Crippen molar-refractivity contribution in [3.8, 4) is 17.2 Å². The topological polar surface area (TPSA) is 61.8 Å². The van der Waals surface area contributed by atoms with Crippen LogP contribution in [0.1, 0.15) is 72.2 Å². The summed E-state index contributed by atoms with van der Waals surface area (Å²) in [5.74, 6) is 1.32. The predicted octanol–water partition coefficient (Wildman–Crippen LogP) is 7.55. The molecule has 5 heteroatoms. The van der Waals surface area contributed by atoms with E-state index in [1.54, 1.807) is 54.6 Å². The third kappa shape index (κ3) is 8.73. The maximum absolute atomic E-state index is 12.5. The molecule has 0 atom stereocenters. The van der Waals surface area contributed by atoms with Gasteiger partial charge < -0.3 is 14.2 Å². The number of ether oxygens (including phenoxy) is 3. The first-order valence-electron chi connectivity index (χ1n) is 12.6. The molecule has 0 unspecified atom stereocenters. The highest BCUT2D eigenvalue weighted by molar-refractivity contribution is 6.06. The van der Waals surface area contributed by atoms with E-state index in [0.717, 1.165) is 30.8 Å². The summed E-state index contributed by atoms with van der Waals surface area (Å²) in [6.07, 6.45) is 8.91. The molecule has 0 fully saturated rings. The fraction of sp³-hybridized carbons (Fsp3) is 0.290. The fourth-order valence-electron chi connectivity index (χ4n) is 3.42. The molecule has 0 saturated heterocycles. The van der Waals surface area contributed by atoms with Crippen molar-refractivity contribution in [2.45, 2.75) is 46.0 Å². The molecule has 0 bridgehead atoms. The van der Waals surface area contributed by atoms with Crippen molar-refractivity contribution >= 4 is 17.8 Å². The summed E-state index contributed by atoms with van der Waals surface area (Å²) >= 11 is 0. The van der Waals surface area contributed by atoms with Gasteiger partial charge in [-0.3, -0.25) is 4.79 Å². The van der Waals surface area contributed by atoms with Crippen LogP contribution >= 0.6 is 0 Å². The lowest BCUT2D eigenvalue weighted by atomic mass is 10.1. The van der Waals surface area contributed by atoms with Gasteiger partial charge in [-0.1, -0.05) is 51.3 Å². The van der Waals surface area contributed by atoms with Crippen LogP contribution < -0.4 is 14.2 Å². The van der Waals surface area contributed by atoms with E-state index in [-0.39, 0.29) is 5.78 Å². The molecule has 0 N–H and O–H groups in total. The molecule has 0 aliphatic heterocycles. The second kappa shape index (κ2) is 14.5. The molecule has 36 heavy (non-hydrogen) atoms. The van der Waals surface area contributed by atoms with Gasteiger partial charge in [-0.05, 0) is 85.1 Å². The van der Waals surface area contributed by atoms with Gasteiger partial charge in [0.25, 0.3) is 0 Å². The van der Waals surface area contributed by atoms with Gasteiger partial charge in [-0.15, -0.1) is 0 Å². The standard InChI is InChI=1S/C31H34O5/c1-3-5-6-7-23-35-27-15-8-24(9-16-27)10-21-30(32)25-11-19-29(20-12-25)36-31(33)26-13-17-28(18-14-26)34-22-4-2/h8-21H,3-7,22-23H2,1-2H3/b21-10+. The van der Waals surface area contributed by atoms with Crippen molar-refractivity contribution in [2.24, 2.45) is 0 Å². The van der Waals surface area contributed by atoms with E-state index in [1.165, 1.54) is 25.3 Å². The average molecular weight is 487 g/mol. The van der Waals surface area contributed by atoms with E-state index in [1.807, 2.05) is 31.2 Å². The first-order chi connectivity index (χ1) is 17.6. The molecule has 0 saturated carbocycles. The summed E-state index contributed by atoms with van der Waals surface area (Å²) in [4.78, 5) is 24.9. The SMILES string of the molecule is CCCCCCOc1ccc(/C=C/C(=O)c2ccc(OC(=O)c3ccc(OCCC)cc3)cc2)cc1. The zero-order valence-electron chi connectivity index (χ0n) is 21.1. The maximum atomic E-state index is 12.5. The Balaban J connectivity index is 1.49. The number of unbranched alkanes of at least 4 members (excludes halogenated alkanes) is 3. The number of benzene rings is 3. The number of carbonyl (C=O) groups excluding carboxylic acids is 2. The van der Waals surface area contributed by atoms with Gasteiger partial charge >= 0.3 is 5.97 Å². The Bertz CT molecular complexity index is 1110. The lowest BCUT2D eigenvalue weighted by Crippen LogP contribution is -2.08. The summed E-state index contributed by atoms with van der Waals surface area (Å²) < 4.78 is 16.7. The van der Waals surface area contributed by atoms with Crippen LogP contribution in [0.15, 0.2) is 78.9 Å². The van der Waals surface area contributed by atoms with Crippen molar-refractivity contribution in [1.29, 1.82) is 0 Å². The third-order valence-electron chi connectivity index (χ3n) is 5.49. The molecule has 0 aromatic heterocycles. The Morgan fingerprint density at radius 2 is 1.22 bits per heavy atom. The third-order valence-corrected chi connectivity index (χ3v) is 5.49. The molecule has 0 aliphatic carbocycles. The zero-order chi connectivity index (χ0) is 25.6. The normalized spacial score (nSPS) is 10.8. The van der Waals surface area contributed by atoms with Gasteiger partial charge in [0, 0.05) is 5.56 Å². The smallest absolute Gasteiger partial charge is 0.343 e. The Morgan fingerprint density at radius 1 is 0.639 bits per heavy atom. The first-order valence-corrected chi connectivity index (χ1v) is 12.6. The van der Waals surface area contributed by atoms with Crippen LogP contribution in [-0.2, 0) is 0 Å². The van der Waals surface area contributed by atoms with Gasteiger partial charge in [0.1, 0.15) is 17.2 Å². The second-order valence-corrected chi connectivity index (χ2v) is 8.46. The summed E-state index contributed by atoms with van der Waals surface area (Å²) in [6.45, 7) is 5.58. The molecule has 0 spiro atoms. The number of hydrogen-bond acceptors (Lipinski definition) is 5. The number of esters is 1. The van der Waals surface area contributed by atoms with E-state index in [2.05, 4.69) is 6.92 Å². The highest BCUT2D eigenvalue weighted by Crippen LogP contribution is 2.18. The van der Waals surface area contributed by atoms with E-state index in [0.29, 0.717) is 29.2 Å². The molecule has 5 nitrogen and oxygen atoms in total. The summed E-state index contributed by atoms with van der Waals surface area (Å²) in [7, 11) is 0. The second-order valence-electron chi connectivity index (χ2n) is 8.46. The zero-order valence-corrected chi connectivity index (χ0v) is 21.1. The van der Waals surface area contributed by atoms with Gasteiger partial charge in [0.15, 0.2) is 5.78 Å². The minimum Gasteiger partial charge on any atom is -0.494 e. The van der Waals surface area contributed by atoms with Crippen molar-refractivity contribution in [2.75, 3.05) is 13.2 Å². The molecule has 0 heterocycles. The first kappa shape index (κ1) is 26.7. The van der Waals surface area contributed by atoms with E-state index >= 15 is 0 Å². The van der Waals surface area contributed by atoms with E-state index < -0.39 is 5.97 Å². The van der Waals surface area contributed by atoms with Crippen LogP contribution in [0.5, 0.6) is 17.2 Å². The molecule has 0 radical (unpaired) electrons. The van der Waals surface area contributed by atoms with Crippen LogP contribution in [0.2, 0.25) is 0 Å². The number of hydrogen-bond donors (Lipinski definition) is 0. The van der Waals surface area contributed by atoms with Gasteiger partial charge in [0.05, 0.1) is 18.8 Å². The summed E-state index contributed by atoms with van der Waals surface area (Å²) in [5.41, 5.74) is 1.85. The van der Waals surface area contributed by atoms with Crippen molar-refractivity contribution in [3.05, 3.63) is 95.6 Å². The molecule has 0 aliphatic rings. The average Bonchev–Trinajstić information content (AvgIpc) is 2.91. The summed E-state index contributed by atoms with van der Waals surface area (Å²) in [6, 6.07) is 21.0. The molecule has 3 aromatic carbocycles. The number of ketones is 1. The monoisotopic (exact) mass is 486 g/mol. The molecule has 188 valence electrons. The van der Waals surface area contributed by atoms with Crippen LogP contribution in [-0.4, -0.2) is 25.0 Å². The van der Waals surface area contributed by atoms with Crippen LogP contribution in [0.25, 0.3) is 6.08 Å². The highest BCUT2D eigenvalue weighted by atomic mass is 16.5. The van der Waals surface area contributed by atoms with Crippen molar-refractivity contribution in [3.63, 3.8) is 0 Å². The van der Waals surface area contributed by atoms with Crippen LogP contribution in [0, 0.1) is 0 Å². The van der Waals surface area contributed by atoms with Crippen LogP contribution in [0.3, 0.4) is 0 Å². The maximum Gasteiger partial charge on any atom is 0.343 e. The minimum absolute atomic E-state index is 0.133. The quantitative estimate of drug-likeness (QED) is 0.0774. The van der Waals surface area contributed by atoms with E-state index in [9.17, 15) is 9.59 Å². The van der Waals surface area contributed by atoms with E-state index in [4.69, 9.17) is 14.2 Å². The number of allylic oxidation sites excluding steroid dienone is 1. The lowest BCUT2D eigenvalue weighted by molar-refractivity contribution is 0.0734. The van der Waals surface area contributed by atoms with Gasteiger partial charge in [-0.25, -0.2) is 4.79 Å².